The first kappa shape index (κ1) is 9.14. The summed E-state index contributed by atoms with van der Waals surface area (Å²) in [4.78, 5) is 20.7. The summed E-state index contributed by atoms with van der Waals surface area (Å²) in [6.45, 7) is 4.50. The molecule has 0 spiro atoms. The maximum absolute atomic E-state index is 10.4. The number of Topliss-reactive ketones (excluding diaryl/α,β-unsaturated/α-hetero) is 1. The Morgan fingerprint density at radius 2 is 1.90 bits per heavy atom. The molecule has 0 N–H and O–H groups in total. The van der Waals surface area contributed by atoms with Crippen LogP contribution in [0, 0.1) is 0 Å². The van der Waals surface area contributed by atoms with Crippen molar-refractivity contribution in [3.05, 3.63) is 0 Å². The van der Waals surface area contributed by atoms with E-state index < -0.39 is 0 Å². The largest absolute Gasteiger partial charge is 0.462 e. The Kier molecular flexibility index (Phi) is 3.69. The molecule has 58 valence electrons. The molecule has 3 nitrogen and oxygen atoms in total. The first-order valence-electron chi connectivity index (χ1n) is 3.19. The average Bonchev–Trinajstić information content (AvgIpc) is 1.58. The molecule has 0 aliphatic carbocycles. The molecule has 0 amide bonds. The Labute approximate surface area is 60.4 Å². The molecule has 0 aromatic rings. The first-order chi connectivity index (χ1) is 4.52. The van der Waals surface area contributed by atoms with Crippen LogP contribution in [0.15, 0.2) is 0 Å². The molecule has 0 radical (unpaired) electrons. The maximum Gasteiger partial charge on any atom is 0.302 e. The van der Waals surface area contributed by atoms with E-state index in [2.05, 4.69) is 0 Å². The Hall–Kier alpha value is -0.860. The van der Waals surface area contributed by atoms with Gasteiger partial charge in [0.05, 0.1) is 0 Å². The van der Waals surface area contributed by atoms with E-state index in [9.17, 15) is 9.59 Å². The summed E-state index contributed by atoms with van der Waals surface area (Å²) in [5.41, 5.74) is 0. The van der Waals surface area contributed by atoms with Gasteiger partial charge in [0.2, 0.25) is 0 Å². The summed E-state index contributed by atoms with van der Waals surface area (Å²) in [5, 5.41) is 0. The number of ketones is 1. The van der Waals surface area contributed by atoms with Gasteiger partial charge in [-0.2, -0.15) is 0 Å². The Balaban J connectivity index is 3.53. The maximum atomic E-state index is 10.4. The number of rotatable bonds is 3. The molecule has 0 aliphatic rings. The van der Waals surface area contributed by atoms with Crippen LogP contribution < -0.4 is 0 Å². The molecule has 0 saturated carbocycles. The van der Waals surface area contributed by atoms with Crippen molar-refractivity contribution in [1.82, 2.24) is 0 Å². The summed E-state index contributed by atoms with van der Waals surface area (Å²) >= 11 is 0. The van der Waals surface area contributed by atoms with Gasteiger partial charge in [-0.05, 0) is 13.8 Å². The predicted octanol–water partition coefficient (Wildman–Crippen LogP) is 0.917. The van der Waals surface area contributed by atoms with E-state index in [0.29, 0.717) is 6.42 Å². The fourth-order valence-electron chi connectivity index (χ4n) is 0.730. The molecule has 0 aromatic carbocycles. The zero-order chi connectivity index (χ0) is 8.15. The van der Waals surface area contributed by atoms with Gasteiger partial charge in [-0.25, -0.2) is 0 Å². The zero-order valence-corrected chi connectivity index (χ0v) is 6.51. The second kappa shape index (κ2) is 4.04. The SMILES string of the molecule is CC(=O)CC(C)OC(C)=O. The summed E-state index contributed by atoms with van der Waals surface area (Å²) in [6.07, 6.45) is 0.0227. The Bertz CT molecular complexity index is 124. The fourth-order valence-corrected chi connectivity index (χ4v) is 0.730. The van der Waals surface area contributed by atoms with E-state index in [0.717, 1.165) is 0 Å². The highest BCUT2D eigenvalue weighted by atomic mass is 16.5. The molecule has 0 heterocycles. The average molecular weight is 144 g/mol. The van der Waals surface area contributed by atoms with Crippen molar-refractivity contribution in [3.63, 3.8) is 0 Å². The van der Waals surface area contributed by atoms with Crippen molar-refractivity contribution < 1.29 is 14.3 Å². The summed E-state index contributed by atoms with van der Waals surface area (Å²) in [5.74, 6) is -0.303. The molecule has 0 aliphatic heterocycles. The molecule has 3 heteroatoms. The third kappa shape index (κ3) is 5.28. The van der Waals surface area contributed by atoms with Gasteiger partial charge < -0.3 is 4.74 Å². The Morgan fingerprint density at radius 3 is 2.20 bits per heavy atom. The molecule has 10 heavy (non-hydrogen) atoms. The molecule has 0 rings (SSSR count). The van der Waals surface area contributed by atoms with Gasteiger partial charge in [-0.15, -0.1) is 0 Å². The second-order valence-corrected chi connectivity index (χ2v) is 2.33. The highest BCUT2D eigenvalue weighted by Gasteiger charge is 2.06. The van der Waals surface area contributed by atoms with Crippen LogP contribution in [0.25, 0.3) is 0 Å². The van der Waals surface area contributed by atoms with E-state index in [-0.39, 0.29) is 17.9 Å². The van der Waals surface area contributed by atoms with Gasteiger partial charge >= 0.3 is 5.97 Å². The lowest BCUT2D eigenvalue weighted by molar-refractivity contribution is -0.146. The molecular formula is C7H12O3. The summed E-state index contributed by atoms with van der Waals surface area (Å²) in [6, 6.07) is 0. The van der Waals surface area contributed by atoms with Crippen molar-refractivity contribution in [2.45, 2.75) is 33.3 Å². The van der Waals surface area contributed by atoms with E-state index in [4.69, 9.17) is 4.74 Å². The number of esters is 1. The quantitative estimate of drug-likeness (QED) is 0.553. The lowest BCUT2D eigenvalue weighted by Gasteiger charge is -2.08. The number of hydrogen-bond acceptors (Lipinski definition) is 3. The van der Waals surface area contributed by atoms with Crippen LogP contribution in [0.4, 0.5) is 0 Å². The number of carbonyl (C=O) groups is 2. The van der Waals surface area contributed by atoms with Crippen molar-refractivity contribution in [3.8, 4) is 0 Å². The van der Waals surface area contributed by atoms with Gasteiger partial charge in [-0.3, -0.25) is 9.59 Å². The van der Waals surface area contributed by atoms with Crippen molar-refractivity contribution in [1.29, 1.82) is 0 Å². The summed E-state index contributed by atoms with van der Waals surface area (Å²) in [7, 11) is 0. The normalized spacial score (nSPS) is 12.3. The Morgan fingerprint density at radius 1 is 1.40 bits per heavy atom. The molecule has 1 unspecified atom stereocenters. The van der Waals surface area contributed by atoms with Crippen LogP contribution in [0.2, 0.25) is 0 Å². The number of carbonyl (C=O) groups excluding carboxylic acids is 2. The number of hydrogen-bond donors (Lipinski definition) is 0. The zero-order valence-electron chi connectivity index (χ0n) is 6.51. The van der Waals surface area contributed by atoms with Crippen LogP contribution >= 0.6 is 0 Å². The predicted molar refractivity (Wildman–Crippen MR) is 36.5 cm³/mol. The minimum atomic E-state index is -0.339. The van der Waals surface area contributed by atoms with Crippen molar-refractivity contribution in [2.75, 3.05) is 0 Å². The molecule has 0 saturated heterocycles. The van der Waals surface area contributed by atoms with E-state index in [1.165, 1.54) is 13.8 Å². The van der Waals surface area contributed by atoms with Crippen LogP contribution in [0.1, 0.15) is 27.2 Å². The van der Waals surface area contributed by atoms with Crippen LogP contribution in [-0.4, -0.2) is 17.9 Å². The highest BCUT2D eigenvalue weighted by molar-refractivity contribution is 5.76. The first-order valence-corrected chi connectivity index (χ1v) is 3.19. The monoisotopic (exact) mass is 144 g/mol. The second-order valence-electron chi connectivity index (χ2n) is 2.33. The lowest BCUT2D eigenvalue weighted by Crippen LogP contribution is -2.15. The topological polar surface area (TPSA) is 43.4 Å². The molecule has 0 bridgehead atoms. The molecule has 1 atom stereocenters. The highest BCUT2D eigenvalue weighted by Crippen LogP contribution is 1.97. The molecule has 0 fully saturated rings. The third-order valence-corrected chi connectivity index (χ3v) is 0.942. The smallest absolute Gasteiger partial charge is 0.302 e. The van der Waals surface area contributed by atoms with E-state index >= 15 is 0 Å². The van der Waals surface area contributed by atoms with Crippen LogP contribution in [-0.2, 0) is 14.3 Å². The lowest BCUT2D eigenvalue weighted by atomic mass is 10.2. The fraction of sp³-hybridized carbons (Fsp3) is 0.714. The molecule has 0 aromatic heterocycles. The van der Waals surface area contributed by atoms with Gasteiger partial charge in [0.25, 0.3) is 0 Å². The van der Waals surface area contributed by atoms with E-state index in [1.807, 2.05) is 0 Å². The minimum Gasteiger partial charge on any atom is -0.462 e. The van der Waals surface area contributed by atoms with E-state index in [1.54, 1.807) is 6.92 Å². The van der Waals surface area contributed by atoms with Crippen molar-refractivity contribution >= 4 is 11.8 Å². The van der Waals surface area contributed by atoms with Crippen LogP contribution in [0.3, 0.4) is 0 Å². The van der Waals surface area contributed by atoms with Gasteiger partial charge in [-0.1, -0.05) is 0 Å². The van der Waals surface area contributed by atoms with Gasteiger partial charge in [0.15, 0.2) is 0 Å². The van der Waals surface area contributed by atoms with Gasteiger partial charge in [0, 0.05) is 13.3 Å². The summed E-state index contributed by atoms with van der Waals surface area (Å²) < 4.78 is 4.70. The van der Waals surface area contributed by atoms with Gasteiger partial charge in [0.1, 0.15) is 11.9 Å². The van der Waals surface area contributed by atoms with Crippen LogP contribution in [0.5, 0.6) is 0 Å². The third-order valence-electron chi connectivity index (χ3n) is 0.942. The minimum absolute atomic E-state index is 0.0359. The molecular weight excluding hydrogens is 132 g/mol. The number of ether oxygens (including phenoxy) is 1. The van der Waals surface area contributed by atoms with Crippen molar-refractivity contribution in [2.24, 2.45) is 0 Å². The standard InChI is InChI=1S/C7H12O3/c1-5(8)4-6(2)10-7(3)9/h6H,4H2,1-3H3.